The maximum atomic E-state index is 11.9. The highest BCUT2D eigenvalue weighted by atomic mass is 127. The topological polar surface area (TPSA) is 78.5 Å². The summed E-state index contributed by atoms with van der Waals surface area (Å²) in [6, 6.07) is 11.9. The number of benzene rings is 2. The van der Waals surface area contributed by atoms with Gasteiger partial charge in [-0.1, -0.05) is 11.6 Å². The average molecular weight is 410 g/mol. The van der Waals surface area contributed by atoms with Gasteiger partial charge in [0, 0.05) is 14.8 Å². The van der Waals surface area contributed by atoms with E-state index in [4.69, 9.17) is 4.74 Å². The van der Waals surface area contributed by atoms with E-state index in [0.717, 1.165) is 9.13 Å². The number of ether oxygens (including phenoxy) is 1. The van der Waals surface area contributed by atoms with E-state index in [2.05, 4.69) is 27.9 Å². The van der Waals surface area contributed by atoms with E-state index < -0.39 is 11.9 Å². The molecule has 0 aliphatic heterocycles. The summed E-state index contributed by atoms with van der Waals surface area (Å²) >= 11 is 2.17. The molecule has 0 spiro atoms. The third-order valence-corrected chi connectivity index (χ3v) is 3.57. The van der Waals surface area contributed by atoms with Gasteiger partial charge in [-0.3, -0.25) is 4.79 Å². The zero-order valence-electron chi connectivity index (χ0n) is 11.8. The Bertz CT molecular complexity index is 698. The molecule has 0 unspecified atom stereocenters. The lowest BCUT2D eigenvalue weighted by Gasteiger charge is -2.13. The maximum absolute atomic E-state index is 11.9. The SMILES string of the molecule is Cc1ccc(NC(=O)COc2ccc(I)cc2)c(C(=O)[O-])c1. The lowest BCUT2D eigenvalue weighted by atomic mass is 10.1. The van der Waals surface area contributed by atoms with Gasteiger partial charge in [0.15, 0.2) is 6.61 Å². The lowest BCUT2D eigenvalue weighted by molar-refractivity contribution is -0.254. The molecule has 0 saturated carbocycles. The molecule has 0 heterocycles. The Balaban J connectivity index is 2.00. The van der Waals surface area contributed by atoms with Crippen LogP contribution in [0.5, 0.6) is 5.75 Å². The molecule has 0 fully saturated rings. The van der Waals surface area contributed by atoms with Crippen LogP contribution in [0.3, 0.4) is 0 Å². The second kappa shape index (κ2) is 7.26. The number of anilines is 1. The predicted molar refractivity (Wildman–Crippen MR) is 88.8 cm³/mol. The van der Waals surface area contributed by atoms with Gasteiger partial charge in [-0.2, -0.15) is 0 Å². The van der Waals surface area contributed by atoms with Crippen LogP contribution >= 0.6 is 22.6 Å². The minimum atomic E-state index is -1.34. The quantitative estimate of drug-likeness (QED) is 0.765. The first-order valence-electron chi connectivity index (χ1n) is 6.46. The third-order valence-electron chi connectivity index (χ3n) is 2.85. The third kappa shape index (κ3) is 4.45. The van der Waals surface area contributed by atoms with Crippen LogP contribution in [0.4, 0.5) is 5.69 Å². The number of carboxylic acid groups (broad SMARTS) is 1. The second-order valence-electron chi connectivity index (χ2n) is 4.63. The molecule has 0 aromatic heterocycles. The molecular formula is C16H13INO4-. The maximum Gasteiger partial charge on any atom is 0.262 e. The predicted octanol–water partition coefficient (Wildman–Crippen LogP) is 1.98. The van der Waals surface area contributed by atoms with Gasteiger partial charge in [0.1, 0.15) is 5.75 Å². The smallest absolute Gasteiger partial charge is 0.262 e. The van der Waals surface area contributed by atoms with Gasteiger partial charge in [0.05, 0.1) is 5.97 Å². The Morgan fingerprint density at radius 3 is 2.50 bits per heavy atom. The van der Waals surface area contributed by atoms with Crippen LogP contribution in [-0.2, 0) is 4.79 Å². The van der Waals surface area contributed by atoms with Gasteiger partial charge < -0.3 is 20.0 Å². The van der Waals surface area contributed by atoms with Crippen LogP contribution in [0.1, 0.15) is 15.9 Å². The van der Waals surface area contributed by atoms with Crippen LogP contribution in [0.2, 0.25) is 0 Å². The molecule has 1 amide bonds. The number of carboxylic acids is 1. The Morgan fingerprint density at radius 1 is 1.18 bits per heavy atom. The summed E-state index contributed by atoms with van der Waals surface area (Å²) < 4.78 is 6.40. The standard InChI is InChI=1S/C16H14INO4/c1-10-2-7-14(13(8-10)16(20)21)18-15(19)9-22-12-5-3-11(17)4-6-12/h2-8H,9H2,1H3,(H,18,19)(H,20,21)/p-1. The molecule has 2 aromatic carbocycles. The molecule has 0 bridgehead atoms. The highest BCUT2D eigenvalue weighted by Gasteiger charge is 2.09. The number of halogens is 1. The molecule has 2 aromatic rings. The summed E-state index contributed by atoms with van der Waals surface area (Å²) in [5.74, 6) is -1.21. The Hall–Kier alpha value is -2.09. The van der Waals surface area contributed by atoms with Gasteiger partial charge in [-0.25, -0.2) is 0 Å². The van der Waals surface area contributed by atoms with Crippen molar-refractivity contribution >= 4 is 40.2 Å². The number of carbonyl (C=O) groups is 2. The van der Waals surface area contributed by atoms with Crippen LogP contribution in [0.25, 0.3) is 0 Å². The molecule has 0 aliphatic rings. The molecule has 5 nitrogen and oxygen atoms in total. The first-order chi connectivity index (χ1) is 10.5. The molecule has 6 heteroatoms. The summed E-state index contributed by atoms with van der Waals surface area (Å²) in [5.41, 5.74) is 0.914. The van der Waals surface area contributed by atoms with E-state index in [-0.39, 0.29) is 17.9 Å². The van der Waals surface area contributed by atoms with Crippen LogP contribution < -0.4 is 15.2 Å². The van der Waals surface area contributed by atoms with Gasteiger partial charge >= 0.3 is 0 Å². The Kier molecular flexibility index (Phi) is 5.37. The van der Waals surface area contributed by atoms with Crippen LogP contribution in [0, 0.1) is 10.5 Å². The number of hydrogen-bond donors (Lipinski definition) is 1. The van der Waals surface area contributed by atoms with E-state index in [9.17, 15) is 14.7 Å². The zero-order valence-corrected chi connectivity index (χ0v) is 13.9. The normalized spacial score (nSPS) is 10.1. The molecule has 22 heavy (non-hydrogen) atoms. The van der Waals surface area contributed by atoms with E-state index >= 15 is 0 Å². The molecule has 114 valence electrons. The largest absolute Gasteiger partial charge is 0.545 e. The molecule has 0 aliphatic carbocycles. The summed E-state index contributed by atoms with van der Waals surface area (Å²) in [7, 11) is 0. The Labute approximate surface area is 141 Å². The number of hydrogen-bond acceptors (Lipinski definition) is 4. The van der Waals surface area contributed by atoms with Crippen LogP contribution in [-0.4, -0.2) is 18.5 Å². The number of rotatable bonds is 5. The molecule has 0 atom stereocenters. The van der Waals surface area contributed by atoms with E-state index in [1.807, 2.05) is 12.1 Å². The second-order valence-corrected chi connectivity index (χ2v) is 5.87. The van der Waals surface area contributed by atoms with Crippen molar-refractivity contribution in [2.75, 3.05) is 11.9 Å². The van der Waals surface area contributed by atoms with Crippen molar-refractivity contribution in [1.29, 1.82) is 0 Å². The zero-order chi connectivity index (χ0) is 16.1. The fraction of sp³-hybridized carbons (Fsp3) is 0.125. The molecule has 2 rings (SSSR count). The summed E-state index contributed by atoms with van der Waals surface area (Å²) in [6.45, 7) is 1.55. The number of nitrogens with one attached hydrogen (secondary N) is 1. The number of carbonyl (C=O) groups excluding carboxylic acids is 2. The van der Waals surface area contributed by atoms with Crippen molar-refractivity contribution in [3.8, 4) is 5.75 Å². The van der Waals surface area contributed by atoms with Gasteiger partial charge in [0.25, 0.3) is 5.91 Å². The molecule has 1 N–H and O–H groups in total. The monoisotopic (exact) mass is 410 g/mol. The average Bonchev–Trinajstić information content (AvgIpc) is 2.48. The number of amides is 1. The van der Waals surface area contributed by atoms with Crippen molar-refractivity contribution in [2.24, 2.45) is 0 Å². The molecule has 0 saturated heterocycles. The van der Waals surface area contributed by atoms with Crippen molar-refractivity contribution < 1.29 is 19.4 Å². The lowest BCUT2D eigenvalue weighted by Crippen LogP contribution is -2.26. The van der Waals surface area contributed by atoms with Crippen molar-refractivity contribution in [3.05, 3.63) is 57.2 Å². The summed E-state index contributed by atoms with van der Waals surface area (Å²) in [5, 5.41) is 13.6. The summed E-state index contributed by atoms with van der Waals surface area (Å²) in [4.78, 5) is 22.9. The van der Waals surface area contributed by atoms with Gasteiger partial charge in [-0.15, -0.1) is 0 Å². The minimum absolute atomic E-state index is 0.0531. The van der Waals surface area contributed by atoms with E-state index in [0.29, 0.717) is 5.75 Å². The fourth-order valence-electron chi connectivity index (χ4n) is 1.80. The van der Waals surface area contributed by atoms with Gasteiger partial charge in [-0.05, 0) is 65.9 Å². The van der Waals surface area contributed by atoms with Crippen molar-refractivity contribution in [1.82, 2.24) is 0 Å². The highest BCUT2D eigenvalue weighted by molar-refractivity contribution is 14.1. The highest BCUT2D eigenvalue weighted by Crippen LogP contribution is 2.17. The van der Waals surface area contributed by atoms with Crippen molar-refractivity contribution in [3.63, 3.8) is 0 Å². The Morgan fingerprint density at radius 2 is 1.86 bits per heavy atom. The molecular weight excluding hydrogens is 397 g/mol. The first kappa shape index (κ1) is 16.3. The van der Waals surface area contributed by atoms with Crippen molar-refractivity contribution in [2.45, 2.75) is 6.92 Å². The minimum Gasteiger partial charge on any atom is -0.545 e. The molecule has 0 radical (unpaired) electrons. The first-order valence-corrected chi connectivity index (χ1v) is 7.54. The van der Waals surface area contributed by atoms with Gasteiger partial charge in [0.2, 0.25) is 0 Å². The van der Waals surface area contributed by atoms with E-state index in [1.54, 1.807) is 25.1 Å². The fourth-order valence-corrected chi connectivity index (χ4v) is 2.16. The van der Waals surface area contributed by atoms with E-state index in [1.165, 1.54) is 12.1 Å². The van der Waals surface area contributed by atoms with Crippen LogP contribution in [0.15, 0.2) is 42.5 Å². The number of aryl methyl sites for hydroxylation is 1. The number of aromatic carboxylic acids is 1. The summed E-state index contributed by atoms with van der Waals surface area (Å²) in [6.07, 6.45) is 0.